The lowest BCUT2D eigenvalue weighted by molar-refractivity contribution is -0.141. The van der Waals surface area contributed by atoms with E-state index in [9.17, 15) is 9.59 Å². The minimum Gasteiger partial charge on any atom is -0.497 e. The number of methoxy groups -OCH3 is 1. The molecule has 0 saturated carbocycles. The van der Waals surface area contributed by atoms with Crippen LogP contribution >= 0.6 is 0 Å². The first-order valence-corrected chi connectivity index (χ1v) is 8.15. The summed E-state index contributed by atoms with van der Waals surface area (Å²) in [6.07, 6.45) is 0.960. The minimum absolute atomic E-state index is 0.0217. The van der Waals surface area contributed by atoms with Gasteiger partial charge in [0.2, 0.25) is 11.8 Å². The highest BCUT2D eigenvalue weighted by Crippen LogP contribution is 2.16. The van der Waals surface area contributed by atoms with E-state index in [0.717, 1.165) is 11.3 Å². The molecular formula is C18H28N2O3. The quantitative estimate of drug-likeness (QED) is 0.801. The number of ether oxygens (including phenoxy) is 1. The van der Waals surface area contributed by atoms with Crippen LogP contribution in [0.15, 0.2) is 24.3 Å². The SMILES string of the molecule is CCC(=O)N(Cc1ccc(OC)cc1)[C@@H](CC)C(=O)NC(C)C. The van der Waals surface area contributed by atoms with Gasteiger partial charge in [-0.3, -0.25) is 9.59 Å². The largest absolute Gasteiger partial charge is 0.497 e. The van der Waals surface area contributed by atoms with Crippen molar-refractivity contribution in [1.29, 1.82) is 0 Å². The number of nitrogens with zero attached hydrogens (tertiary/aromatic N) is 1. The van der Waals surface area contributed by atoms with E-state index in [-0.39, 0.29) is 17.9 Å². The topological polar surface area (TPSA) is 58.6 Å². The highest BCUT2D eigenvalue weighted by molar-refractivity contribution is 5.87. The third-order valence-corrected chi connectivity index (χ3v) is 3.63. The van der Waals surface area contributed by atoms with Crippen molar-refractivity contribution in [3.63, 3.8) is 0 Å². The molecule has 0 saturated heterocycles. The fourth-order valence-corrected chi connectivity index (χ4v) is 2.43. The van der Waals surface area contributed by atoms with Gasteiger partial charge in [0.05, 0.1) is 7.11 Å². The van der Waals surface area contributed by atoms with Gasteiger partial charge in [0.25, 0.3) is 0 Å². The van der Waals surface area contributed by atoms with E-state index in [4.69, 9.17) is 4.74 Å². The van der Waals surface area contributed by atoms with Gasteiger partial charge in [0.15, 0.2) is 0 Å². The Kier molecular flexibility index (Phi) is 7.59. The van der Waals surface area contributed by atoms with Crippen LogP contribution in [0.4, 0.5) is 0 Å². The zero-order valence-corrected chi connectivity index (χ0v) is 14.8. The molecule has 5 heteroatoms. The average molecular weight is 320 g/mol. The van der Waals surface area contributed by atoms with Crippen LogP contribution in [0.1, 0.15) is 46.1 Å². The van der Waals surface area contributed by atoms with Crippen LogP contribution in [-0.2, 0) is 16.1 Å². The average Bonchev–Trinajstić information content (AvgIpc) is 2.53. The Hall–Kier alpha value is -2.04. The van der Waals surface area contributed by atoms with Crippen molar-refractivity contribution in [2.75, 3.05) is 7.11 Å². The maximum absolute atomic E-state index is 12.4. The van der Waals surface area contributed by atoms with Crippen molar-refractivity contribution >= 4 is 11.8 Å². The normalized spacial score (nSPS) is 11.9. The molecule has 5 nitrogen and oxygen atoms in total. The third kappa shape index (κ3) is 5.58. The summed E-state index contributed by atoms with van der Waals surface area (Å²) in [5, 5.41) is 2.90. The Balaban J connectivity index is 2.96. The first-order valence-electron chi connectivity index (χ1n) is 8.15. The molecule has 1 aromatic carbocycles. The fraction of sp³-hybridized carbons (Fsp3) is 0.556. The van der Waals surface area contributed by atoms with Gasteiger partial charge in [-0.25, -0.2) is 0 Å². The molecular weight excluding hydrogens is 292 g/mol. The van der Waals surface area contributed by atoms with Gasteiger partial charge >= 0.3 is 0 Å². The Morgan fingerprint density at radius 1 is 1.17 bits per heavy atom. The summed E-state index contributed by atoms with van der Waals surface area (Å²) < 4.78 is 5.15. The summed E-state index contributed by atoms with van der Waals surface area (Å²) in [6, 6.07) is 7.16. The maximum Gasteiger partial charge on any atom is 0.243 e. The second-order valence-electron chi connectivity index (χ2n) is 5.81. The summed E-state index contributed by atoms with van der Waals surface area (Å²) in [7, 11) is 1.62. The van der Waals surface area contributed by atoms with Gasteiger partial charge in [-0.1, -0.05) is 26.0 Å². The predicted molar refractivity (Wildman–Crippen MR) is 91.2 cm³/mol. The molecule has 0 heterocycles. The molecule has 1 N–H and O–H groups in total. The molecule has 2 amide bonds. The molecule has 23 heavy (non-hydrogen) atoms. The molecule has 0 spiro atoms. The summed E-state index contributed by atoms with van der Waals surface area (Å²) >= 11 is 0. The lowest BCUT2D eigenvalue weighted by Gasteiger charge is -2.31. The van der Waals surface area contributed by atoms with E-state index in [1.54, 1.807) is 12.0 Å². The third-order valence-electron chi connectivity index (χ3n) is 3.63. The fourth-order valence-electron chi connectivity index (χ4n) is 2.43. The van der Waals surface area contributed by atoms with E-state index in [2.05, 4.69) is 5.32 Å². The zero-order chi connectivity index (χ0) is 17.4. The molecule has 0 aromatic heterocycles. The molecule has 0 aliphatic heterocycles. The van der Waals surface area contributed by atoms with Crippen LogP contribution in [0.3, 0.4) is 0 Å². The van der Waals surface area contributed by atoms with Gasteiger partial charge in [0.1, 0.15) is 11.8 Å². The first-order chi connectivity index (χ1) is 10.9. The van der Waals surface area contributed by atoms with Crippen LogP contribution in [0, 0.1) is 0 Å². The van der Waals surface area contributed by atoms with Crippen molar-refractivity contribution in [2.24, 2.45) is 0 Å². The second-order valence-corrected chi connectivity index (χ2v) is 5.81. The molecule has 1 aromatic rings. The van der Waals surface area contributed by atoms with Gasteiger partial charge < -0.3 is 15.0 Å². The molecule has 0 aliphatic carbocycles. The van der Waals surface area contributed by atoms with Gasteiger partial charge in [0, 0.05) is 19.0 Å². The summed E-state index contributed by atoms with van der Waals surface area (Å²) in [5.41, 5.74) is 0.975. The van der Waals surface area contributed by atoms with Crippen LogP contribution in [0.25, 0.3) is 0 Å². The van der Waals surface area contributed by atoms with E-state index in [1.165, 1.54) is 0 Å². The minimum atomic E-state index is -0.452. The van der Waals surface area contributed by atoms with Gasteiger partial charge in [-0.15, -0.1) is 0 Å². The molecule has 1 rings (SSSR count). The maximum atomic E-state index is 12.4. The van der Waals surface area contributed by atoms with E-state index in [0.29, 0.717) is 19.4 Å². The van der Waals surface area contributed by atoms with Crippen molar-refractivity contribution in [1.82, 2.24) is 10.2 Å². The van der Waals surface area contributed by atoms with E-state index >= 15 is 0 Å². The van der Waals surface area contributed by atoms with E-state index in [1.807, 2.05) is 52.0 Å². The number of hydrogen-bond donors (Lipinski definition) is 1. The molecule has 0 fully saturated rings. The summed E-state index contributed by atoms with van der Waals surface area (Å²) in [5.74, 6) is 0.649. The molecule has 0 bridgehead atoms. The second kappa shape index (κ2) is 9.18. The number of rotatable bonds is 8. The van der Waals surface area contributed by atoms with Gasteiger partial charge in [-0.2, -0.15) is 0 Å². The lowest BCUT2D eigenvalue weighted by Crippen LogP contribution is -2.50. The molecule has 0 unspecified atom stereocenters. The van der Waals surface area contributed by atoms with Crippen LogP contribution in [0.2, 0.25) is 0 Å². The van der Waals surface area contributed by atoms with Crippen molar-refractivity contribution < 1.29 is 14.3 Å². The lowest BCUT2D eigenvalue weighted by atomic mass is 10.1. The number of benzene rings is 1. The van der Waals surface area contributed by atoms with Crippen molar-refractivity contribution in [3.05, 3.63) is 29.8 Å². The summed E-state index contributed by atoms with van der Waals surface area (Å²) in [4.78, 5) is 26.4. The molecule has 0 aliphatic rings. The Labute approximate surface area is 139 Å². The van der Waals surface area contributed by atoms with E-state index < -0.39 is 6.04 Å². The Morgan fingerprint density at radius 3 is 2.22 bits per heavy atom. The zero-order valence-electron chi connectivity index (χ0n) is 14.8. The predicted octanol–water partition coefficient (Wildman–Crippen LogP) is 2.74. The molecule has 0 radical (unpaired) electrons. The smallest absolute Gasteiger partial charge is 0.243 e. The van der Waals surface area contributed by atoms with Gasteiger partial charge in [-0.05, 0) is 38.0 Å². The highest BCUT2D eigenvalue weighted by Gasteiger charge is 2.27. The number of nitrogens with one attached hydrogen (secondary N) is 1. The summed E-state index contributed by atoms with van der Waals surface area (Å²) in [6.45, 7) is 7.99. The number of hydrogen-bond acceptors (Lipinski definition) is 3. The van der Waals surface area contributed by atoms with Crippen molar-refractivity contribution in [2.45, 2.75) is 59.2 Å². The number of carbonyl (C=O) groups excluding carboxylic acids is 2. The molecule has 128 valence electrons. The first kappa shape index (κ1) is 19.0. The number of carbonyl (C=O) groups is 2. The Bertz CT molecular complexity index is 512. The standard InChI is InChI=1S/C18H28N2O3/c1-6-16(18(22)19-13(3)4)20(17(21)7-2)12-14-8-10-15(23-5)11-9-14/h8-11,13,16H,6-7,12H2,1-5H3,(H,19,22)/t16-/m0/s1. The van der Waals surface area contributed by atoms with Crippen LogP contribution in [0.5, 0.6) is 5.75 Å². The van der Waals surface area contributed by atoms with Crippen LogP contribution < -0.4 is 10.1 Å². The monoisotopic (exact) mass is 320 g/mol. The van der Waals surface area contributed by atoms with Crippen molar-refractivity contribution in [3.8, 4) is 5.75 Å². The number of amides is 2. The van der Waals surface area contributed by atoms with Crippen LogP contribution in [-0.4, -0.2) is 35.9 Å². The highest BCUT2D eigenvalue weighted by atomic mass is 16.5. The Morgan fingerprint density at radius 2 is 1.78 bits per heavy atom. The molecule has 1 atom stereocenters.